The Morgan fingerprint density at radius 2 is 2.00 bits per heavy atom. The first-order valence-corrected chi connectivity index (χ1v) is 4.90. The Balaban J connectivity index is 0.000000531. The second kappa shape index (κ2) is 4.64. The molecular formula is C12H14O3. The van der Waals surface area contributed by atoms with Crippen molar-refractivity contribution >= 4 is 16.9 Å². The molecule has 0 saturated carbocycles. The van der Waals surface area contributed by atoms with Gasteiger partial charge in [-0.25, -0.2) is 4.79 Å². The van der Waals surface area contributed by atoms with Crippen LogP contribution in [0.3, 0.4) is 0 Å². The number of aromatic carboxylic acids is 1. The van der Waals surface area contributed by atoms with E-state index in [1.165, 1.54) is 6.07 Å². The van der Waals surface area contributed by atoms with Gasteiger partial charge in [-0.3, -0.25) is 0 Å². The summed E-state index contributed by atoms with van der Waals surface area (Å²) in [7, 11) is 0. The van der Waals surface area contributed by atoms with Gasteiger partial charge in [0.05, 0.1) is 6.26 Å². The fraction of sp³-hybridized carbons (Fsp3) is 0.250. The molecule has 2 aromatic rings. The molecule has 0 aliphatic rings. The molecule has 80 valence electrons. The van der Waals surface area contributed by atoms with Gasteiger partial charge in [0, 0.05) is 5.39 Å². The Morgan fingerprint density at radius 1 is 1.33 bits per heavy atom. The van der Waals surface area contributed by atoms with Crippen molar-refractivity contribution in [2.45, 2.75) is 20.8 Å². The Morgan fingerprint density at radius 3 is 2.60 bits per heavy atom. The van der Waals surface area contributed by atoms with Crippen molar-refractivity contribution in [2.75, 3.05) is 0 Å². The van der Waals surface area contributed by atoms with E-state index >= 15 is 0 Å². The zero-order valence-corrected chi connectivity index (χ0v) is 9.07. The van der Waals surface area contributed by atoms with E-state index in [1.54, 1.807) is 12.3 Å². The van der Waals surface area contributed by atoms with Crippen LogP contribution >= 0.6 is 0 Å². The van der Waals surface area contributed by atoms with Gasteiger partial charge in [0.25, 0.3) is 0 Å². The van der Waals surface area contributed by atoms with Crippen LogP contribution in [0.2, 0.25) is 0 Å². The number of carboxylic acids is 1. The maximum absolute atomic E-state index is 10.8. The largest absolute Gasteiger partial charge is 0.478 e. The van der Waals surface area contributed by atoms with Crippen LogP contribution in [-0.2, 0) is 0 Å². The van der Waals surface area contributed by atoms with Gasteiger partial charge in [-0.1, -0.05) is 26.0 Å². The van der Waals surface area contributed by atoms with Gasteiger partial charge >= 0.3 is 5.97 Å². The average Bonchev–Trinajstić information content (AvgIpc) is 2.63. The standard InChI is InChI=1S/C10H8O3.C2H6/c1-6-5-13-9-7(6)3-2-4-8(9)10(11)12;1-2/h2-5H,1H3,(H,11,12);1-2H3. The molecule has 0 unspecified atom stereocenters. The number of carboxylic acid groups (broad SMARTS) is 1. The van der Waals surface area contributed by atoms with E-state index in [0.29, 0.717) is 5.58 Å². The predicted octanol–water partition coefficient (Wildman–Crippen LogP) is 3.47. The van der Waals surface area contributed by atoms with Gasteiger partial charge in [0.2, 0.25) is 0 Å². The first-order chi connectivity index (χ1) is 7.20. The number of hydrogen-bond donors (Lipinski definition) is 1. The van der Waals surface area contributed by atoms with Gasteiger partial charge < -0.3 is 9.52 Å². The molecule has 0 aliphatic heterocycles. The summed E-state index contributed by atoms with van der Waals surface area (Å²) in [5, 5.41) is 9.69. The molecule has 1 aromatic heterocycles. The minimum atomic E-state index is -0.958. The Hall–Kier alpha value is -1.77. The molecule has 3 nitrogen and oxygen atoms in total. The molecule has 1 heterocycles. The monoisotopic (exact) mass is 206 g/mol. The van der Waals surface area contributed by atoms with E-state index in [1.807, 2.05) is 26.8 Å². The fourth-order valence-electron chi connectivity index (χ4n) is 1.35. The van der Waals surface area contributed by atoms with E-state index in [9.17, 15) is 4.79 Å². The lowest BCUT2D eigenvalue weighted by atomic mass is 10.1. The van der Waals surface area contributed by atoms with E-state index < -0.39 is 5.97 Å². The zero-order valence-electron chi connectivity index (χ0n) is 9.07. The maximum atomic E-state index is 10.8. The van der Waals surface area contributed by atoms with Crippen molar-refractivity contribution in [3.63, 3.8) is 0 Å². The highest BCUT2D eigenvalue weighted by Gasteiger charge is 2.11. The lowest BCUT2D eigenvalue weighted by molar-refractivity contribution is 0.0698. The van der Waals surface area contributed by atoms with Crippen LogP contribution in [0.4, 0.5) is 0 Å². The molecule has 0 aliphatic carbocycles. The Bertz CT molecular complexity index is 469. The number of carbonyl (C=O) groups is 1. The number of benzene rings is 1. The molecular weight excluding hydrogens is 192 g/mol. The summed E-state index contributed by atoms with van der Waals surface area (Å²) in [5.41, 5.74) is 1.62. The quantitative estimate of drug-likeness (QED) is 0.777. The van der Waals surface area contributed by atoms with Crippen LogP contribution in [0.5, 0.6) is 0 Å². The van der Waals surface area contributed by atoms with Crippen molar-refractivity contribution in [3.8, 4) is 0 Å². The van der Waals surface area contributed by atoms with Crippen LogP contribution in [0.25, 0.3) is 11.0 Å². The first-order valence-electron chi connectivity index (χ1n) is 4.90. The molecule has 0 radical (unpaired) electrons. The fourth-order valence-corrected chi connectivity index (χ4v) is 1.35. The molecule has 0 fully saturated rings. The highest BCUT2D eigenvalue weighted by Crippen LogP contribution is 2.23. The molecule has 0 amide bonds. The molecule has 3 heteroatoms. The van der Waals surface area contributed by atoms with E-state index in [0.717, 1.165) is 10.9 Å². The molecule has 2 rings (SSSR count). The normalized spacial score (nSPS) is 9.53. The van der Waals surface area contributed by atoms with Gasteiger partial charge in [-0.05, 0) is 18.6 Å². The SMILES string of the molecule is CC.Cc1coc2c(C(=O)O)cccc12. The molecule has 1 aromatic carbocycles. The number of aryl methyl sites for hydroxylation is 1. The van der Waals surface area contributed by atoms with Crippen LogP contribution < -0.4 is 0 Å². The van der Waals surface area contributed by atoms with E-state index in [2.05, 4.69) is 0 Å². The highest BCUT2D eigenvalue weighted by atomic mass is 16.4. The Labute approximate surface area is 88.3 Å². The van der Waals surface area contributed by atoms with Gasteiger partial charge in [-0.2, -0.15) is 0 Å². The molecule has 1 N–H and O–H groups in total. The van der Waals surface area contributed by atoms with Crippen molar-refractivity contribution < 1.29 is 14.3 Å². The van der Waals surface area contributed by atoms with Crippen molar-refractivity contribution in [1.29, 1.82) is 0 Å². The summed E-state index contributed by atoms with van der Waals surface area (Å²) in [6.07, 6.45) is 1.57. The molecule has 0 spiro atoms. The zero-order chi connectivity index (χ0) is 11.4. The van der Waals surface area contributed by atoms with Crippen LogP contribution in [0.1, 0.15) is 29.8 Å². The minimum absolute atomic E-state index is 0.214. The van der Waals surface area contributed by atoms with Crippen molar-refractivity contribution in [3.05, 3.63) is 35.6 Å². The third-order valence-corrected chi connectivity index (χ3v) is 2.02. The molecule has 15 heavy (non-hydrogen) atoms. The number of fused-ring (bicyclic) bond motifs is 1. The summed E-state index contributed by atoms with van der Waals surface area (Å²) < 4.78 is 5.16. The van der Waals surface area contributed by atoms with Gasteiger partial charge in [0.1, 0.15) is 11.1 Å². The average molecular weight is 206 g/mol. The predicted molar refractivity (Wildman–Crippen MR) is 59.3 cm³/mol. The molecule has 0 saturated heterocycles. The second-order valence-corrected chi connectivity index (χ2v) is 2.91. The summed E-state index contributed by atoms with van der Waals surface area (Å²) in [6, 6.07) is 5.10. The highest BCUT2D eigenvalue weighted by molar-refractivity contribution is 6.01. The maximum Gasteiger partial charge on any atom is 0.339 e. The topological polar surface area (TPSA) is 50.4 Å². The van der Waals surface area contributed by atoms with E-state index in [-0.39, 0.29) is 5.56 Å². The molecule has 0 atom stereocenters. The number of para-hydroxylation sites is 1. The second-order valence-electron chi connectivity index (χ2n) is 2.91. The van der Waals surface area contributed by atoms with Crippen LogP contribution in [-0.4, -0.2) is 11.1 Å². The van der Waals surface area contributed by atoms with Crippen molar-refractivity contribution in [1.82, 2.24) is 0 Å². The number of furan rings is 1. The lowest BCUT2D eigenvalue weighted by Gasteiger charge is -1.94. The van der Waals surface area contributed by atoms with Gasteiger partial charge in [0.15, 0.2) is 0 Å². The van der Waals surface area contributed by atoms with Crippen molar-refractivity contribution in [2.24, 2.45) is 0 Å². The smallest absolute Gasteiger partial charge is 0.339 e. The summed E-state index contributed by atoms with van der Waals surface area (Å²) in [5.74, 6) is -0.958. The third-order valence-electron chi connectivity index (χ3n) is 2.02. The number of hydrogen-bond acceptors (Lipinski definition) is 2. The van der Waals surface area contributed by atoms with E-state index in [4.69, 9.17) is 9.52 Å². The Kier molecular flexibility index (Phi) is 3.50. The summed E-state index contributed by atoms with van der Waals surface area (Å²) in [6.45, 7) is 5.89. The molecule has 0 bridgehead atoms. The number of rotatable bonds is 1. The van der Waals surface area contributed by atoms with Crippen LogP contribution in [0.15, 0.2) is 28.9 Å². The summed E-state index contributed by atoms with van der Waals surface area (Å²) in [4.78, 5) is 10.8. The third kappa shape index (κ3) is 2.01. The van der Waals surface area contributed by atoms with Crippen LogP contribution in [0, 0.1) is 6.92 Å². The first kappa shape index (κ1) is 11.3. The summed E-state index contributed by atoms with van der Waals surface area (Å²) >= 11 is 0. The minimum Gasteiger partial charge on any atom is -0.478 e. The lowest BCUT2D eigenvalue weighted by Crippen LogP contribution is -1.95. The van der Waals surface area contributed by atoms with Gasteiger partial charge in [-0.15, -0.1) is 0 Å².